The maximum Gasteiger partial charge on any atom is 0.114 e. The number of nitrogens with zero attached hydrogens (tertiary/aromatic N) is 1. The van der Waals surface area contributed by atoms with Gasteiger partial charge in [0.05, 0.1) is 5.57 Å². The number of nitriles is 1. The van der Waals surface area contributed by atoms with E-state index in [0.29, 0.717) is 10.6 Å². The van der Waals surface area contributed by atoms with Crippen LogP contribution in [0.1, 0.15) is 5.56 Å². The molecule has 1 rings (SSSR count). The molecule has 2 N–H and O–H groups in total. The Bertz CT molecular complexity index is 415. The average Bonchev–Trinajstić information content (AvgIpc) is 2.16. The van der Waals surface area contributed by atoms with Crippen molar-refractivity contribution in [3.8, 4) is 6.07 Å². The van der Waals surface area contributed by atoms with Gasteiger partial charge in [-0.25, -0.2) is 0 Å². The fourth-order valence-electron chi connectivity index (χ4n) is 0.884. The van der Waals surface area contributed by atoms with Crippen molar-refractivity contribution in [3.05, 3.63) is 40.4 Å². The summed E-state index contributed by atoms with van der Waals surface area (Å²) in [7, 11) is 0. The average molecular weight is 223 g/mol. The van der Waals surface area contributed by atoms with E-state index in [2.05, 4.69) is 0 Å². The standard InChI is InChI=1S/C10H7ClN2S/c11-9-3-1-7(2-4-9)5-8(6-12)10(13)14/h1-5H,(H2,13,14). The van der Waals surface area contributed by atoms with Gasteiger partial charge in [0, 0.05) is 5.02 Å². The Hall–Kier alpha value is -1.37. The summed E-state index contributed by atoms with van der Waals surface area (Å²) in [5.74, 6) is 0. The Balaban J connectivity index is 3.03. The van der Waals surface area contributed by atoms with Crippen molar-refractivity contribution in [3.63, 3.8) is 0 Å². The Morgan fingerprint density at radius 3 is 2.43 bits per heavy atom. The first kappa shape index (κ1) is 10.7. The summed E-state index contributed by atoms with van der Waals surface area (Å²) < 4.78 is 0. The van der Waals surface area contributed by atoms with Crippen molar-refractivity contribution < 1.29 is 0 Å². The van der Waals surface area contributed by atoms with Crippen LogP contribution in [0.5, 0.6) is 0 Å². The van der Waals surface area contributed by atoms with Gasteiger partial charge < -0.3 is 5.73 Å². The predicted molar refractivity (Wildman–Crippen MR) is 61.8 cm³/mol. The van der Waals surface area contributed by atoms with E-state index in [1.54, 1.807) is 30.3 Å². The monoisotopic (exact) mass is 222 g/mol. The number of benzene rings is 1. The maximum atomic E-state index is 8.70. The van der Waals surface area contributed by atoms with Crippen LogP contribution >= 0.6 is 23.8 Å². The van der Waals surface area contributed by atoms with Crippen molar-refractivity contribution in [2.75, 3.05) is 0 Å². The number of halogens is 1. The van der Waals surface area contributed by atoms with Gasteiger partial charge in [-0.1, -0.05) is 36.0 Å². The topological polar surface area (TPSA) is 49.8 Å². The van der Waals surface area contributed by atoms with Crippen LogP contribution in [0.2, 0.25) is 5.02 Å². The lowest BCUT2D eigenvalue weighted by Gasteiger charge is -1.96. The summed E-state index contributed by atoms with van der Waals surface area (Å²) in [4.78, 5) is 0.0995. The molecule has 0 saturated carbocycles. The van der Waals surface area contributed by atoms with Gasteiger partial charge in [0.25, 0.3) is 0 Å². The molecule has 2 nitrogen and oxygen atoms in total. The van der Waals surface area contributed by atoms with Crippen LogP contribution in [0.25, 0.3) is 6.08 Å². The third kappa shape index (κ3) is 2.84. The van der Waals surface area contributed by atoms with E-state index in [4.69, 9.17) is 34.8 Å². The molecule has 0 spiro atoms. The van der Waals surface area contributed by atoms with Crippen LogP contribution in [-0.4, -0.2) is 4.99 Å². The number of hydrogen-bond acceptors (Lipinski definition) is 2. The summed E-state index contributed by atoms with van der Waals surface area (Å²) in [5.41, 5.74) is 6.48. The summed E-state index contributed by atoms with van der Waals surface area (Å²) in [6.07, 6.45) is 1.62. The molecule has 0 aliphatic carbocycles. The molecule has 0 aromatic heterocycles. The van der Waals surface area contributed by atoms with Crippen molar-refractivity contribution in [2.24, 2.45) is 5.73 Å². The highest BCUT2D eigenvalue weighted by molar-refractivity contribution is 7.80. The van der Waals surface area contributed by atoms with E-state index in [-0.39, 0.29) is 4.99 Å². The number of nitrogens with two attached hydrogens (primary N) is 1. The van der Waals surface area contributed by atoms with Crippen molar-refractivity contribution in [1.82, 2.24) is 0 Å². The Kier molecular flexibility index (Phi) is 3.63. The van der Waals surface area contributed by atoms with Crippen molar-refractivity contribution in [1.29, 1.82) is 5.26 Å². The lowest BCUT2D eigenvalue weighted by atomic mass is 10.1. The predicted octanol–water partition coefficient (Wildman–Crippen LogP) is 2.53. The molecule has 0 aliphatic heterocycles. The lowest BCUT2D eigenvalue weighted by Crippen LogP contribution is -2.09. The van der Waals surface area contributed by atoms with Crippen LogP contribution in [0, 0.1) is 11.3 Å². The van der Waals surface area contributed by atoms with Crippen LogP contribution in [0.15, 0.2) is 29.8 Å². The molecule has 1 aromatic carbocycles. The van der Waals surface area contributed by atoms with Crippen molar-refractivity contribution >= 4 is 34.9 Å². The number of rotatable bonds is 2. The van der Waals surface area contributed by atoms with E-state index >= 15 is 0 Å². The molecule has 0 heterocycles. The minimum atomic E-state index is 0.0995. The summed E-state index contributed by atoms with van der Waals surface area (Å²) in [6, 6.07) is 8.98. The normalized spacial score (nSPS) is 10.7. The van der Waals surface area contributed by atoms with Gasteiger partial charge in [-0.15, -0.1) is 0 Å². The second kappa shape index (κ2) is 4.75. The molecule has 0 saturated heterocycles. The summed E-state index contributed by atoms with van der Waals surface area (Å²) >= 11 is 10.4. The molecule has 0 radical (unpaired) electrons. The SMILES string of the molecule is N#CC(=Cc1ccc(Cl)cc1)C(N)=S. The van der Waals surface area contributed by atoms with Gasteiger partial charge >= 0.3 is 0 Å². The third-order valence-electron chi connectivity index (χ3n) is 1.57. The molecule has 14 heavy (non-hydrogen) atoms. The van der Waals surface area contributed by atoms with E-state index in [1.165, 1.54) is 0 Å². The molecule has 0 fully saturated rings. The van der Waals surface area contributed by atoms with Gasteiger partial charge in [0.2, 0.25) is 0 Å². The van der Waals surface area contributed by atoms with Crippen LogP contribution in [0.3, 0.4) is 0 Å². The van der Waals surface area contributed by atoms with Gasteiger partial charge in [0.1, 0.15) is 11.1 Å². The van der Waals surface area contributed by atoms with Gasteiger partial charge in [-0.2, -0.15) is 5.26 Å². The largest absolute Gasteiger partial charge is 0.389 e. The maximum absolute atomic E-state index is 8.70. The zero-order valence-corrected chi connectivity index (χ0v) is 8.77. The number of hydrogen-bond donors (Lipinski definition) is 1. The third-order valence-corrected chi connectivity index (χ3v) is 2.04. The second-order valence-electron chi connectivity index (χ2n) is 2.59. The molecular formula is C10H7ClN2S. The van der Waals surface area contributed by atoms with Gasteiger partial charge in [0.15, 0.2) is 0 Å². The molecule has 1 aromatic rings. The van der Waals surface area contributed by atoms with E-state index in [0.717, 1.165) is 5.56 Å². The molecule has 0 atom stereocenters. The van der Waals surface area contributed by atoms with Crippen LogP contribution < -0.4 is 5.73 Å². The Labute approximate surface area is 92.6 Å². The smallest absolute Gasteiger partial charge is 0.114 e. The molecule has 70 valence electrons. The highest BCUT2D eigenvalue weighted by atomic mass is 35.5. The summed E-state index contributed by atoms with van der Waals surface area (Å²) in [6.45, 7) is 0. The van der Waals surface area contributed by atoms with E-state index in [9.17, 15) is 0 Å². The zero-order chi connectivity index (χ0) is 10.6. The summed E-state index contributed by atoms with van der Waals surface area (Å²) in [5, 5.41) is 9.35. The minimum Gasteiger partial charge on any atom is -0.389 e. The molecule has 0 amide bonds. The van der Waals surface area contributed by atoms with E-state index in [1.807, 2.05) is 6.07 Å². The molecule has 0 aliphatic rings. The first-order valence-electron chi connectivity index (χ1n) is 3.80. The molecule has 0 bridgehead atoms. The van der Waals surface area contributed by atoms with Crippen LogP contribution in [0.4, 0.5) is 0 Å². The zero-order valence-electron chi connectivity index (χ0n) is 7.20. The first-order chi connectivity index (χ1) is 6.63. The molecule has 4 heteroatoms. The van der Waals surface area contributed by atoms with Gasteiger partial charge in [-0.05, 0) is 23.8 Å². The van der Waals surface area contributed by atoms with Crippen LogP contribution in [-0.2, 0) is 0 Å². The van der Waals surface area contributed by atoms with Crippen molar-refractivity contribution in [2.45, 2.75) is 0 Å². The molecule has 0 unspecified atom stereocenters. The fourth-order valence-corrected chi connectivity index (χ4v) is 1.11. The minimum absolute atomic E-state index is 0.0995. The van der Waals surface area contributed by atoms with Gasteiger partial charge in [-0.3, -0.25) is 0 Å². The highest BCUT2D eigenvalue weighted by Gasteiger charge is 1.98. The van der Waals surface area contributed by atoms with E-state index < -0.39 is 0 Å². The number of thiocarbonyl (C=S) groups is 1. The quantitative estimate of drug-likeness (QED) is 0.475. The lowest BCUT2D eigenvalue weighted by molar-refractivity contribution is 1.51. The first-order valence-corrected chi connectivity index (χ1v) is 4.59. The Morgan fingerprint density at radius 1 is 1.43 bits per heavy atom. The second-order valence-corrected chi connectivity index (χ2v) is 3.46. The molecular weight excluding hydrogens is 216 g/mol. The Morgan fingerprint density at radius 2 is 2.00 bits per heavy atom. The fraction of sp³-hybridized carbons (Fsp3) is 0. The highest BCUT2D eigenvalue weighted by Crippen LogP contribution is 2.12.